The molecule has 32 heavy (non-hydrogen) atoms. The Morgan fingerprint density at radius 2 is 1.88 bits per heavy atom. The number of morpholine rings is 1. The lowest BCUT2D eigenvalue weighted by Gasteiger charge is -2.34. The Bertz CT molecular complexity index is 1000. The number of anilines is 1. The molecule has 0 bridgehead atoms. The van der Waals surface area contributed by atoms with Crippen LogP contribution in [0.5, 0.6) is 0 Å². The van der Waals surface area contributed by atoms with Gasteiger partial charge in [0.25, 0.3) is 0 Å². The molecule has 2 aromatic rings. The molecule has 1 aliphatic heterocycles. The van der Waals surface area contributed by atoms with Gasteiger partial charge in [0, 0.05) is 44.2 Å². The van der Waals surface area contributed by atoms with Gasteiger partial charge in [0.05, 0.1) is 30.7 Å². The van der Waals surface area contributed by atoms with Crippen molar-refractivity contribution < 1.29 is 22.7 Å². The van der Waals surface area contributed by atoms with Crippen LogP contribution in [0.1, 0.15) is 17.8 Å². The Balaban J connectivity index is 1.59. The molecule has 2 amide bonds. The molecular weight excluding hydrogens is 452 g/mol. The molecule has 2 heterocycles. The van der Waals surface area contributed by atoms with Crippen LogP contribution in [0.15, 0.2) is 46.7 Å². The fourth-order valence-corrected chi connectivity index (χ4v) is 5.41. The van der Waals surface area contributed by atoms with Gasteiger partial charge in [-0.25, -0.2) is 8.42 Å². The summed E-state index contributed by atoms with van der Waals surface area (Å²) >= 11 is 1.63. The van der Waals surface area contributed by atoms with Crippen LogP contribution in [0.4, 0.5) is 5.69 Å². The van der Waals surface area contributed by atoms with Crippen molar-refractivity contribution in [2.75, 3.05) is 51.8 Å². The number of nitrogens with one attached hydrogen (secondary N) is 2. The summed E-state index contributed by atoms with van der Waals surface area (Å²) in [6.45, 7) is 4.32. The summed E-state index contributed by atoms with van der Waals surface area (Å²) in [5.74, 6) is -0.618. The van der Waals surface area contributed by atoms with E-state index in [0.29, 0.717) is 25.4 Å². The number of amides is 2. The van der Waals surface area contributed by atoms with E-state index in [4.69, 9.17) is 4.74 Å². The fraction of sp³-hybridized carbons (Fsp3) is 0.429. The Hall–Kier alpha value is -2.31. The minimum atomic E-state index is -3.85. The van der Waals surface area contributed by atoms with Gasteiger partial charge in [-0.1, -0.05) is 6.07 Å². The number of ether oxygens (including phenoxy) is 1. The third-order valence-corrected chi connectivity index (χ3v) is 7.89. The molecule has 0 spiro atoms. The maximum absolute atomic E-state index is 12.8. The average Bonchev–Trinajstić information content (AvgIpc) is 3.29. The molecule has 0 aliphatic carbocycles. The van der Waals surface area contributed by atoms with E-state index in [1.54, 1.807) is 11.3 Å². The van der Waals surface area contributed by atoms with Gasteiger partial charge in [-0.15, -0.1) is 11.3 Å². The van der Waals surface area contributed by atoms with Crippen LogP contribution < -0.4 is 10.6 Å². The van der Waals surface area contributed by atoms with Crippen LogP contribution in [0.2, 0.25) is 0 Å². The topological polar surface area (TPSA) is 108 Å². The molecule has 1 saturated heterocycles. The molecule has 0 unspecified atom stereocenters. The van der Waals surface area contributed by atoms with Crippen LogP contribution in [-0.2, 0) is 24.3 Å². The van der Waals surface area contributed by atoms with E-state index in [1.807, 2.05) is 17.5 Å². The summed E-state index contributed by atoms with van der Waals surface area (Å²) < 4.78 is 32.1. The first-order valence-electron chi connectivity index (χ1n) is 10.2. The van der Waals surface area contributed by atoms with Gasteiger partial charge in [-0.05, 0) is 35.7 Å². The van der Waals surface area contributed by atoms with Crippen molar-refractivity contribution in [2.45, 2.75) is 17.9 Å². The molecule has 0 radical (unpaired) electrons. The molecule has 174 valence electrons. The highest BCUT2D eigenvalue weighted by Crippen LogP contribution is 2.25. The molecule has 9 nitrogen and oxygen atoms in total. The molecule has 1 aromatic heterocycles. The van der Waals surface area contributed by atoms with Crippen LogP contribution >= 0.6 is 11.3 Å². The lowest BCUT2D eigenvalue weighted by atomic mass is 10.2. The molecule has 0 saturated carbocycles. The number of hydrogen-bond donors (Lipinski definition) is 2. The second-order valence-corrected chi connectivity index (χ2v) is 10.5. The zero-order valence-corrected chi connectivity index (χ0v) is 19.7. The number of hydrogen-bond acceptors (Lipinski definition) is 7. The first-order valence-corrected chi connectivity index (χ1v) is 12.6. The summed E-state index contributed by atoms with van der Waals surface area (Å²) in [6.07, 6.45) is 0. The highest BCUT2D eigenvalue weighted by Gasteiger charge is 2.26. The summed E-state index contributed by atoms with van der Waals surface area (Å²) in [6, 6.07) is 9.86. The molecule has 11 heteroatoms. The number of benzene rings is 1. The van der Waals surface area contributed by atoms with E-state index in [1.165, 1.54) is 38.2 Å². The van der Waals surface area contributed by atoms with Crippen molar-refractivity contribution in [1.29, 1.82) is 0 Å². The van der Waals surface area contributed by atoms with Crippen LogP contribution in [0, 0.1) is 0 Å². The van der Waals surface area contributed by atoms with E-state index in [2.05, 4.69) is 15.5 Å². The van der Waals surface area contributed by atoms with E-state index < -0.39 is 10.0 Å². The second kappa shape index (κ2) is 11.0. The molecule has 1 atom stereocenters. The molecule has 3 rings (SSSR count). The minimum Gasteiger partial charge on any atom is -0.379 e. The number of sulfonamides is 1. The SMILES string of the molecule is CC(=O)Nc1ccc(S(=O)(=O)N(C)CC(=O)NC[C@H](c2cccs2)N2CCOCC2)cc1. The number of likely N-dealkylation sites (N-methyl/N-ethyl adjacent to an activating group) is 1. The zero-order valence-electron chi connectivity index (χ0n) is 18.1. The van der Waals surface area contributed by atoms with Crippen molar-refractivity contribution in [3.63, 3.8) is 0 Å². The van der Waals surface area contributed by atoms with E-state index in [-0.39, 0.29) is 29.3 Å². The van der Waals surface area contributed by atoms with Crippen molar-refractivity contribution in [3.8, 4) is 0 Å². The van der Waals surface area contributed by atoms with Crippen molar-refractivity contribution >= 4 is 38.9 Å². The lowest BCUT2D eigenvalue weighted by molar-refractivity contribution is -0.121. The lowest BCUT2D eigenvalue weighted by Crippen LogP contribution is -2.45. The van der Waals surface area contributed by atoms with Crippen LogP contribution in [0.3, 0.4) is 0 Å². The van der Waals surface area contributed by atoms with Crippen molar-refractivity contribution in [3.05, 3.63) is 46.7 Å². The Morgan fingerprint density at radius 3 is 2.47 bits per heavy atom. The fourth-order valence-electron chi connectivity index (χ4n) is 3.43. The number of carbonyl (C=O) groups is 2. The smallest absolute Gasteiger partial charge is 0.243 e. The van der Waals surface area contributed by atoms with Gasteiger partial charge < -0.3 is 15.4 Å². The first-order chi connectivity index (χ1) is 15.3. The summed E-state index contributed by atoms with van der Waals surface area (Å²) in [4.78, 5) is 27.1. The predicted molar refractivity (Wildman–Crippen MR) is 123 cm³/mol. The van der Waals surface area contributed by atoms with Gasteiger partial charge in [0.15, 0.2) is 0 Å². The number of nitrogens with zero attached hydrogens (tertiary/aromatic N) is 2. The quantitative estimate of drug-likeness (QED) is 0.563. The van der Waals surface area contributed by atoms with Gasteiger partial charge in [-0.3, -0.25) is 14.5 Å². The van der Waals surface area contributed by atoms with E-state index in [9.17, 15) is 18.0 Å². The normalized spacial score (nSPS) is 16.0. The highest BCUT2D eigenvalue weighted by molar-refractivity contribution is 7.89. The Kier molecular flexibility index (Phi) is 8.38. The maximum atomic E-state index is 12.8. The maximum Gasteiger partial charge on any atom is 0.243 e. The summed E-state index contributed by atoms with van der Waals surface area (Å²) in [7, 11) is -2.48. The van der Waals surface area contributed by atoms with Gasteiger partial charge in [0.1, 0.15) is 0 Å². The van der Waals surface area contributed by atoms with Gasteiger partial charge in [-0.2, -0.15) is 4.31 Å². The standard InChI is InChI=1S/C21H28N4O5S2/c1-16(26)23-17-5-7-18(8-6-17)32(28,29)24(2)15-21(27)22-14-19(20-4-3-13-31-20)25-9-11-30-12-10-25/h3-8,13,19H,9-12,14-15H2,1-2H3,(H,22,27)(H,23,26)/t19-/m1/s1. The third kappa shape index (κ3) is 6.36. The molecule has 1 aliphatic rings. The molecule has 1 fully saturated rings. The summed E-state index contributed by atoms with van der Waals surface area (Å²) in [5.41, 5.74) is 0.500. The van der Waals surface area contributed by atoms with Crippen LogP contribution in [-0.4, -0.2) is 75.9 Å². The van der Waals surface area contributed by atoms with E-state index in [0.717, 1.165) is 22.3 Å². The monoisotopic (exact) mass is 480 g/mol. The number of thiophene rings is 1. The largest absolute Gasteiger partial charge is 0.379 e. The number of carbonyl (C=O) groups excluding carboxylic acids is 2. The highest BCUT2D eigenvalue weighted by atomic mass is 32.2. The van der Waals surface area contributed by atoms with Crippen molar-refractivity contribution in [2.24, 2.45) is 0 Å². The minimum absolute atomic E-state index is 0.0195. The van der Waals surface area contributed by atoms with Gasteiger partial charge in [0.2, 0.25) is 21.8 Å². The van der Waals surface area contributed by atoms with Crippen LogP contribution in [0.25, 0.3) is 0 Å². The Morgan fingerprint density at radius 1 is 1.19 bits per heavy atom. The second-order valence-electron chi connectivity index (χ2n) is 7.45. The summed E-state index contributed by atoms with van der Waals surface area (Å²) in [5, 5.41) is 7.48. The Labute approximate surface area is 192 Å². The zero-order chi connectivity index (χ0) is 23.1. The molecule has 1 aromatic carbocycles. The predicted octanol–water partition coefficient (Wildman–Crippen LogP) is 1.52. The van der Waals surface area contributed by atoms with E-state index >= 15 is 0 Å². The number of rotatable bonds is 9. The first kappa shape index (κ1) is 24.3. The molecule has 2 N–H and O–H groups in total. The van der Waals surface area contributed by atoms with Gasteiger partial charge >= 0.3 is 0 Å². The van der Waals surface area contributed by atoms with Crippen molar-refractivity contribution in [1.82, 2.24) is 14.5 Å². The third-order valence-electron chi connectivity index (χ3n) is 5.10. The molecular formula is C21H28N4O5S2. The average molecular weight is 481 g/mol.